The molecule has 0 fully saturated rings. The van der Waals surface area contributed by atoms with Crippen LogP contribution in [0.15, 0.2) is 133 Å². The van der Waals surface area contributed by atoms with Gasteiger partial charge in [0.1, 0.15) is 11.1 Å². The molecule has 6 aliphatic rings. The Morgan fingerprint density at radius 1 is 0.467 bits per heavy atom. The van der Waals surface area contributed by atoms with Crippen LogP contribution in [0.5, 0.6) is 0 Å². The molecule has 2 spiro atoms. The van der Waals surface area contributed by atoms with Gasteiger partial charge in [0, 0.05) is 45.4 Å². The Morgan fingerprint density at radius 2 is 1.02 bits per heavy atom. The van der Waals surface area contributed by atoms with Crippen LogP contribution >= 0.6 is 0 Å². The lowest BCUT2D eigenvalue weighted by atomic mass is 9.53. The summed E-state index contributed by atoms with van der Waals surface area (Å²) in [4.78, 5) is 5.32. The largest absolute Gasteiger partial charge is 0.325 e. The third-order valence-corrected chi connectivity index (χ3v) is 12.6. The summed E-state index contributed by atoms with van der Waals surface area (Å²) in [6.45, 7) is 4.87. The van der Waals surface area contributed by atoms with Crippen LogP contribution in [-0.2, 0) is 16.5 Å². The lowest BCUT2D eigenvalue weighted by molar-refractivity contribution is 0.386. The van der Waals surface area contributed by atoms with Gasteiger partial charge < -0.3 is 9.80 Å². The fourth-order valence-electron chi connectivity index (χ4n) is 10.9. The molecule has 4 atom stereocenters. The number of rotatable bonds is 2. The van der Waals surface area contributed by atoms with Crippen molar-refractivity contribution >= 4 is 22.7 Å². The zero-order chi connectivity index (χ0) is 29.4. The van der Waals surface area contributed by atoms with Gasteiger partial charge in [-0.1, -0.05) is 129 Å². The standard InChI is InChI=1S/C43H30N2/c1-41(2,25-22-23-31-29(24-25)39-27-13-4-8-19-35(27)44-37-21-10-7-16-32(37)42(31,39)44)33-17-11-18-34-40(33)45-36-20-9-5-14-28(36)38-26-12-3-6-15-30(26)43(34,38)45/h3-24,38-39H,1-2H3. The van der Waals surface area contributed by atoms with Crippen molar-refractivity contribution in [3.8, 4) is 0 Å². The first-order chi connectivity index (χ1) is 22.1. The van der Waals surface area contributed by atoms with E-state index in [1.807, 2.05) is 0 Å². The predicted octanol–water partition coefficient (Wildman–Crippen LogP) is 9.72. The fourth-order valence-corrected chi connectivity index (χ4v) is 10.9. The van der Waals surface area contributed by atoms with Crippen molar-refractivity contribution in [2.24, 2.45) is 0 Å². The Kier molecular flexibility index (Phi) is 3.67. The van der Waals surface area contributed by atoms with Gasteiger partial charge in [-0.15, -0.1) is 0 Å². The van der Waals surface area contributed by atoms with Gasteiger partial charge in [-0.3, -0.25) is 0 Å². The molecule has 6 aromatic rings. The van der Waals surface area contributed by atoms with E-state index in [2.05, 4.69) is 157 Å². The quantitative estimate of drug-likeness (QED) is 0.203. The van der Waals surface area contributed by atoms with E-state index < -0.39 is 0 Å². The summed E-state index contributed by atoms with van der Waals surface area (Å²) in [7, 11) is 0. The van der Waals surface area contributed by atoms with Crippen LogP contribution in [0, 0.1) is 0 Å². The molecule has 0 saturated carbocycles. The van der Waals surface area contributed by atoms with Gasteiger partial charge in [-0.25, -0.2) is 0 Å². The molecule has 0 bridgehead atoms. The molecule has 0 N–H and O–H groups in total. The molecular formula is C43H30N2. The number of hydrogen-bond acceptors (Lipinski definition) is 2. The molecule has 4 aliphatic heterocycles. The molecule has 0 aromatic heterocycles. The number of nitrogens with zero attached hydrogens (tertiary/aromatic N) is 2. The third kappa shape index (κ3) is 2.13. The summed E-state index contributed by atoms with van der Waals surface area (Å²) in [6.07, 6.45) is 0. The number of fused-ring (bicyclic) bond motifs is 14. The van der Waals surface area contributed by atoms with Crippen molar-refractivity contribution < 1.29 is 0 Å². The molecule has 6 aromatic carbocycles. The van der Waals surface area contributed by atoms with Gasteiger partial charge >= 0.3 is 0 Å². The molecule has 4 heterocycles. The molecule has 212 valence electrons. The van der Waals surface area contributed by atoms with Crippen LogP contribution in [-0.4, -0.2) is 0 Å². The van der Waals surface area contributed by atoms with E-state index in [1.165, 1.54) is 78.4 Å². The van der Waals surface area contributed by atoms with E-state index in [1.54, 1.807) is 0 Å². The minimum atomic E-state index is -0.170. The van der Waals surface area contributed by atoms with Crippen molar-refractivity contribution in [3.63, 3.8) is 0 Å². The van der Waals surface area contributed by atoms with E-state index in [4.69, 9.17) is 0 Å². The topological polar surface area (TPSA) is 6.48 Å². The minimum Gasteiger partial charge on any atom is -0.325 e. The van der Waals surface area contributed by atoms with Gasteiger partial charge in [0.2, 0.25) is 0 Å². The lowest BCUT2D eigenvalue weighted by Gasteiger charge is -2.61. The first kappa shape index (κ1) is 23.3. The second-order valence-electron chi connectivity index (χ2n) is 14.4. The maximum absolute atomic E-state index is 2.70. The van der Waals surface area contributed by atoms with Gasteiger partial charge in [0.25, 0.3) is 0 Å². The predicted molar refractivity (Wildman–Crippen MR) is 180 cm³/mol. The highest BCUT2D eigenvalue weighted by Crippen LogP contribution is 2.77. The van der Waals surface area contributed by atoms with Crippen molar-refractivity contribution in [1.82, 2.24) is 0 Å². The van der Waals surface area contributed by atoms with Crippen molar-refractivity contribution in [2.45, 2.75) is 42.2 Å². The summed E-state index contributed by atoms with van der Waals surface area (Å²) in [5, 5.41) is 0. The number of hydrogen-bond donors (Lipinski definition) is 0. The summed E-state index contributed by atoms with van der Waals surface area (Å²) in [5.74, 6) is 0.771. The highest BCUT2D eigenvalue weighted by molar-refractivity contribution is 5.97. The zero-order valence-electron chi connectivity index (χ0n) is 25.3. The normalized spacial score (nSPS) is 25.6. The van der Waals surface area contributed by atoms with Gasteiger partial charge in [0.15, 0.2) is 0 Å². The van der Waals surface area contributed by atoms with E-state index in [-0.39, 0.29) is 16.5 Å². The summed E-state index contributed by atoms with van der Waals surface area (Å²) in [5.41, 5.74) is 19.9. The second kappa shape index (κ2) is 7.08. The molecule has 4 unspecified atom stereocenters. The molecule has 0 saturated heterocycles. The summed E-state index contributed by atoms with van der Waals surface area (Å²) < 4.78 is 0. The Balaban J connectivity index is 1.04. The Labute approximate surface area is 263 Å². The number of para-hydroxylation sites is 4. The van der Waals surface area contributed by atoms with Crippen molar-refractivity contribution in [1.29, 1.82) is 0 Å². The highest BCUT2D eigenvalue weighted by atomic mass is 15.3. The zero-order valence-corrected chi connectivity index (χ0v) is 25.3. The molecule has 45 heavy (non-hydrogen) atoms. The van der Waals surface area contributed by atoms with Crippen molar-refractivity contribution in [2.75, 3.05) is 9.80 Å². The maximum Gasteiger partial charge on any atom is 0.109 e. The van der Waals surface area contributed by atoms with E-state index in [9.17, 15) is 0 Å². The molecule has 0 amide bonds. The first-order valence-electron chi connectivity index (χ1n) is 16.4. The lowest BCUT2D eigenvalue weighted by Crippen LogP contribution is -2.59. The SMILES string of the molecule is CC(C)(c1ccc2c(c1)C1c3ccccc3N3c4ccccc4C213)c1cccc2c1N1c3ccccc3C3c4ccccc4C231. The van der Waals surface area contributed by atoms with Crippen LogP contribution < -0.4 is 9.80 Å². The first-order valence-corrected chi connectivity index (χ1v) is 16.4. The van der Waals surface area contributed by atoms with E-state index >= 15 is 0 Å². The highest BCUT2D eigenvalue weighted by Gasteiger charge is 2.70. The summed E-state index contributed by atoms with van der Waals surface area (Å²) in [6, 6.07) is 50.9. The van der Waals surface area contributed by atoms with Crippen molar-refractivity contribution in [3.05, 3.63) is 189 Å². The average Bonchev–Trinajstić information content (AvgIpc) is 3.40. The smallest absolute Gasteiger partial charge is 0.109 e. The van der Waals surface area contributed by atoms with Crippen LogP contribution in [0.3, 0.4) is 0 Å². The molecule has 2 nitrogen and oxygen atoms in total. The molecule has 2 aliphatic carbocycles. The monoisotopic (exact) mass is 574 g/mol. The average molecular weight is 575 g/mol. The van der Waals surface area contributed by atoms with Crippen LogP contribution in [0.1, 0.15) is 81.3 Å². The van der Waals surface area contributed by atoms with Gasteiger partial charge in [-0.2, -0.15) is 0 Å². The summed E-state index contributed by atoms with van der Waals surface area (Å²) >= 11 is 0. The van der Waals surface area contributed by atoms with Crippen LogP contribution in [0.4, 0.5) is 22.7 Å². The van der Waals surface area contributed by atoms with Gasteiger partial charge in [-0.05, 0) is 62.7 Å². The molecule has 0 radical (unpaired) electrons. The van der Waals surface area contributed by atoms with Crippen LogP contribution in [0.2, 0.25) is 0 Å². The minimum absolute atomic E-state index is 0.0485. The van der Waals surface area contributed by atoms with E-state index in [0.29, 0.717) is 11.8 Å². The van der Waals surface area contributed by atoms with Gasteiger partial charge in [0.05, 0.1) is 5.69 Å². The molecular weight excluding hydrogens is 544 g/mol. The van der Waals surface area contributed by atoms with Crippen LogP contribution in [0.25, 0.3) is 0 Å². The Hall–Kier alpha value is -5.08. The second-order valence-corrected chi connectivity index (χ2v) is 14.4. The Morgan fingerprint density at radius 3 is 1.80 bits per heavy atom. The number of anilines is 4. The molecule has 12 rings (SSSR count). The molecule has 2 heteroatoms. The Bertz CT molecular complexity index is 2350. The third-order valence-electron chi connectivity index (χ3n) is 12.6. The number of benzene rings is 6. The van der Waals surface area contributed by atoms with E-state index in [0.717, 1.165) is 0 Å². The maximum atomic E-state index is 2.70. The fraction of sp³-hybridized carbons (Fsp3) is 0.163.